The van der Waals surface area contributed by atoms with Crippen molar-refractivity contribution in [2.45, 2.75) is 18.6 Å². The number of aliphatic hydroxyl groups excluding tert-OH is 1. The number of rotatable bonds is 6. The molecule has 1 aliphatic heterocycles. The molecular weight excluding hydrogens is 344 g/mol. The second-order valence-electron chi connectivity index (χ2n) is 6.20. The average molecular weight is 366 g/mol. The molecule has 2 aromatic rings. The number of nitrogens with zero attached hydrogens (tertiary/aromatic N) is 2. The minimum absolute atomic E-state index is 0.0989. The van der Waals surface area contributed by atoms with E-state index in [1.807, 2.05) is 65.7 Å². The van der Waals surface area contributed by atoms with Crippen LogP contribution in [0.1, 0.15) is 18.0 Å². The van der Waals surface area contributed by atoms with Crippen LogP contribution in [0, 0.1) is 0 Å². The Morgan fingerprint density at radius 3 is 2.41 bits per heavy atom. The Morgan fingerprint density at radius 2 is 1.78 bits per heavy atom. The van der Waals surface area contributed by atoms with Gasteiger partial charge in [-0.05, 0) is 17.7 Å². The van der Waals surface area contributed by atoms with Crippen LogP contribution < -0.4 is 15.6 Å². The fraction of sp³-hybridized carbons (Fsp3) is 0.250. The number of benzene rings is 2. The van der Waals surface area contributed by atoms with Crippen molar-refractivity contribution in [3.05, 3.63) is 66.2 Å². The number of hydrogen-bond donors (Lipinski definition) is 3. The normalized spacial score (nSPS) is 17.2. The summed E-state index contributed by atoms with van der Waals surface area (Å²) < 4.78 is 0. The van der Waals surface area contributed by atoms with Crippen LogP contribution in [0.15, 0.2) is 65.8 Å². The number of nitrogens with one attached hydrogen (secondary N) is 2. The zero-order chi connectivity index (χ0) is 19.2. The van der Waals surface area contributed by atoms with Crippen LogP contribution in [-0.4, -0.2) is 42.3 Å². The number of anilines is 1. The fourth-order valence-electron chi connectivity index (χ4n) is 2.95. The minimum Gasteiger partial charge on any atom is -0.381 e. The average Bonchev–Trinajstić information content (AvgIpc) is 3.18. The highest BCUT2D eigenvalue weighted by molar-refractivity contribution is 6.39. The zero-order valence-corrected chi connectivity index (χ0v) is 15.0. The Kier molecular flexibility index (Phi) is 5.83. The molecule has 0 fully saturated rings. The molecule has 0 aromatic heterocycles. The summed E-state index contributed by atoms with van der Waals surface area (Å²) in [6, 6.07) is 19.4. The van der Waals surface area contributed by atoms with Gasteiger partial charge in [0.1, 0.15) is 11.8 Å². The monoisotopic (exact) mass is 366 g/mol. The fourth-order valence-corrected chi connectivity index (χ4v) is 2.95. The molecule has 0 unspecified atom stereocenters. The molecule has 0 radical (unpaired) electrons. The largest absolute Gasteiger partial charge is 0.381 e. The molecule has 27 heavy (non-hydrogen) atoms. The first-order valence-electron chi connectivity index (χ1n) is 8.74. The highest BCUT2D eigenvalue weighted by atomic mass is 16.3. The van der Waals surface area contributed by atoms with Crippen molar-refractivity contribution in [1.82, 2.24) is 10.6 Å². The molecular formula is C20H22N4O3. The minimum atomic E-state index is -1.30. The van der Waals surface area contributed by atoms with Crippen molar-refractivity contribution in [2.24, 2.45) is 5.10 Å². The summed E-state index contributed by atoms with van der Waals surface area (Å²) >= 11 is 0. The maximum Gasteiger partial charge on any atom is 0.267 e. The first kappa shape index (κ1) is 18.6. The van der Waals surface area contributed by atoms with Gasteiger partial charge in [-0.15, -0.1) is 0 Å². The summed E-state index contributed by atoms with van der Waals surface area (Å²) in [5.74, 6) is -0.936. The number of carbonyl (C=O) groups excluding carboxylic acids is 2. The van der Waals surface area contributed by atoms with Gasteiger partial charge in [0.05, 0.1) is 18.3 Å². The summed E-state index contributed by atoms with van der Waals surface area (Å²) in [5.41, 5.74) is 2.30. The zero-order valence-electron chi connectivity index (χ0n) is 15.0. The molecule has 140 valence electrons. The van der Waals surface area contributed by atoms with Gasteiger partial charge in [-0.3, -0.25) is 14.6 Å². The van der Waals surface area contributed by atoms with Crippen molar-refractivity contribution in [3.8, 4) is 0 Å². The smallest absolute Gasteiger partial charge is 0.267 e. The predicted molar refractivity (Wildman–Crippen MR) is 103 cm³/mol. The van der Waals surface area contributed by atoms with E-state index in [9.17, 15) is 14.7 Å². The first-order chi connectivity index (χ1) is 13.1. The lowest BCUT2D eigenvalue weighted by Crippen LogP contribution is -2.43. The van der Waals surface area contributed by atoms with E-state index < -0.39 is 17.9 Å². The lowest BCUT2D eigenvalue weighted by molar-refractivity contribution is -0.128. The van der Waals surface area contributed by atoms with Crippen molar-refractivity contribution in [1.29, 1.82) is 0 Å². The van der Waals surface area contributed by atoms with Gasteiger partial charge in [-0.1, -0.05) is 48.5 Å². The lowest BCUT2D eigenvalue weighted by Gasteiger charge is -2.23. The second-order valence-corrected chi connectivity index (χ2v) is 6.20. The number of amides is 2. The van der Waals surface area contributed by atoms with E-state index in [0.29, 0.717) is 12.1 Å². The summed E-state index contributed by atoms with van der Waals surface area (Å²) in [4.78, 5) is 23.9. The molecule has 3 N–H and O–H groups in total. The first-order valence-corrected chi connectivity index (χ1v) is 8.74. The molecule has 0 aliphatic carbocycles. The van der Waals surface area contributed by atoms with Crippen LogP contribution in [0.5, 0.6) is 0 Å². The van der Waals surface area contributed by atoms with Crippen LogP contribution in [0.4, 0.5) is 5.69 Å². The third-order valence-corrected chi connectivity index (χ3v) is 4.38. The summed E-state index contributed by atoms with van der Waals surface area (Å²) in [6.07, 6.45) is -0.864. The van der Waals surface area contributed by atoms with Gasteiger partial charge in [0.2, 0.25) is 5.91 Å². The van der Waals surface area contributed by atoms with Gasteiger partial charge in [0.15, 0.2) is 0 Å². The van der Waals surface area contributed by atoms with E-state index in [1.165, 1.54) is 7.05 Å². The molecule has 2 atom stereocenters. The molecule has 0 saturated heterocycles. The molecule has 7 heteroatoms. The van der Waals surface area contributed by atoms with E-state index in [-0.39, 0.29) is 12.6 Å². The Bertz CT molecular complexity index is 824. The van der Waals surface area contributed by atoms with Crippen molar-refractivity contribution < 1.29 is 14.7 Å². The summed E-state index contributed by atoms with van der Waals surface area (Å²) in [5, 5.41) is 21.0. The maximum absolute atomic E-state index is 12.5. The molecule has 7 nitrogen and oxygen atoms in total. The molecule has 2 aromatic carbocycles. The van der Waals surface area contributed by atoms with Gasteiger partial charge in [0.25, 0.3) is 5.91 Å². The van der Waals surface area contributed by atoms with Crippen molar-refractivity contribution >= 4 is 23.2 Å². The van der Waals surface area contributed by atoms with Gasteiger partial charge >= 0.3 is 0 Å². The quantitative estimate of drug-likeness (QED) is 0.716. The van der Waals surface area contributed by atoms with E-state index >= 15 is 0 Å². The molecule has 1 heterocycles. The Hall–Kier alpha value is -3.19. The summed E-state index contributed by atoms with van der Waals surface area (Å²) in [6.45, 7) is -0.168. The molecule has 0 bridgehead atoms. The highest BCUT2D eigenvalue weighted by Gasteiger charge is 2.32. The standard InChI is InChI=1S/C20H22N4O3/c1-21-20(27)18(25)13-22-19(26)16-12-17(14-8-4-2-5-9-14)24(23-16)15-10-6-3-7-11-15/h2-11,17-18,25H,12-13H2,1H3,(H,21,27)(H,22,26)/t17-,18+/m0/s1. The van der Waals surface area contributed by atoms with Crippen LogP contribution in [0.3, 0.4) is 0 Å². The van der Waals surface area contributed by atoms with Crippen molar-refractivity contribution in [3.63, 3.8) is 0 Å². The summed E-state index contributed by atoms with van der Waals surface area (Å²) in [7, 11) is 1.43. The van der Waals surface area contributed by atoms with Crippen LogP contribution in [-0.2, 0) is 9.59 Å². The van der Waals surface area contributed by atoms with E-state index in [4.69, 9.17) is 0 Å². The maximum atomic E-state index is 12.5. The number of hydrazone groups is 1. The second kappa shape index (κ2) is 8.46. The van der Waals surface area contributed by atoms with Gasteiger partial charge in [-0.25, -0.2) is 0 Å². The van der Waals surface area contributed by atoms with E-state index in [0.717, 1.165) is 11.3 Å². The molecule has 1 aliphatic rings. The number of aliphatic hydroxyl groups is 1. The Morgan fingerprint density at radius 1 is 1.15 bits per heavy atom. The van der Waals surface area contributed by atoms with Gasteiger partial charge in [0, 0.05) is 13.5 Å². The number of carbonyl (C=O) groups is 2. The van der Waals surface area contributed by atoms with E-state index in [1.54, 1.807) is 0 Å². The Labute approximate surface area is 157 Å². The molecule has 0 saturated carbocycles. The Balaban J connectivity index is 1.78. The predicted octanol–water partition coefficient (Wildman–Crippen LogP) is 1.22. The lowest BCUT2D eigenvalue weighted by atomic mass is 10.0. The van der Waals surface area contributed by atoms with E-state index in [2.05, 4.69) is 15.7 Å². The molecule has 0 spiro atoms. The van der Waals surface area contributed by atoms with Crippen LogP contribution >= 0.6 is 0 Å². The number of para-hydroxylation sites is 1. The SMILES string of the molecule is CNC(=O)[C@H](O)CNC(=O)C1=NN(c2ccccc2)[C@H](c2ccccc2)C1. The third-order valence-electron chi connectivity index (χ3n) is 4.38. The van der Waals surface area contributed by atoms with Gasteiger partial charge in [-0.2, -0.15) is 5.10 Å². The van der Waals surface area contributed by atoms with Gasteiger partial charge < -0.3 is 15.7 Å². The molecule has 3 rings (SSSR count). The number of likely N-dealkylation sites (N-methyl/N-ethyl adjacent to an activating group) is 1. The van der Waals surface area contributed by atoms with Crippen LogP contribution in [0.25, 0.3) is 0 Å². The number of hydrogen-bond acceptors (Lipinski definition) is 5. The molecule has 2 amide bonds. The highest BCUT2D eigenvalue weighted by Crippen LogP contribution is 2.34. The van der Waals surface area contributed by atoms with Crippen molar-refractivity contribution in [2.75, 3.05) is 18.6 Å². The topological polar surface area (TPSA) is 94.0 Å². The third kappa shape index (κ3) is 4.32. The van der Waals surface area contributed by atoms with Crippen LogP contribution in [0.2, 0.25) is 0 Å².